The van der Waals surface area contributed by atoms with Crippen molar-refractivity contribution < 1.29 is 9.42 Å². The number of nitrogens with zero attached hydrogens (tertiary/aromatic N) is 6. The van der Waals surface area contributed by atoms with E-state index in [2.05, 4.69) is 35.8 Å². The van der Waals surface area contributed by atoms with Crippen LogP contribution in [0.25, 0.3) is 5.82 Å². The van der Waals surface area contributed by atoms with Crippen molar-refractivity contribution in [3.8, 4) is 5.82 Å². The molecule has 0 saturated heterocycles. The Bertz CT molecular complexity index is 998. The number of nitrogens with one attached hydrogen (secondary N) is 1. The number of aromatic nitrogens is 5. The Morgan fingerprint density at radius 3 is 2.93 bits per heavy atom. The first kappa shape index (κ1) is 18.8. The molecule has 0 radical (unpaired) electrons. The lowest BCUT2D eigenvalue weighted by molar-refractivity contribution is 0.0949. The summed E-state index contributed by atoms with van der Waals surface area (Å²) in [4.78, 5) is 12.5. The summed E-state index contributed by atoms with van der Waals surface area (Å²) in [5.41, 5.74) is 9.24. The summed E-state index contributed by atoms with van der Waals surface area (Å²) in [5.74, 6) is -0.342. The molecule has 2 aromatic heterocycles. The summed E-state index contributed by atoms with van der Waals surface area (Å²) >= 11 is 12.0. The minimum absolute atomic E-state index is 0.0397. The number of nitrogens with two attached hydrogens (primary N) is 1. The molecule has 2 heterocycles. The van der Waals surface area contributed by atoms with Crippen molar-refractivity contribution in [2.24, 2.45) is 5.10 Å². The van der Waals surface area contributed by atoms with Crippen LogP contribution in [0, 0.1) is 0 Å². The molecule has 140 valence electrons. The standard InChI is InChI=1S/C15H14Cl2N8O2/c1-2-4-10-12(20-24-25(10)14-13(18)22-27-23-14)15(26)21-19-7-8-5-3-6-9(16)11(8)17/h3,5-7H,2,4H2,1H3,(H2,18,22)(H,21,26)/b19-7-. The lowest BCUT2D eigenvalue weighted by atomic mass is 10.2. The second-order valence-corrected chi connectivity index (χ2v) is 6.15. The fourth-order valence-electron chi connectivity index (χ4n) is 2.28. The van der Waals surface area contributed by atoms with Gasteiger partial charge in [-0.25, -0.2) is 10.1 Å². The van der Waals surface area contributed by atoms with E-state index in [0.717, 1.165) is 6.42 Å². The number of carbonyl (C=O) groups excluding carboxylic acids is 1. The van der Waals surface area contributed by atoms with Crippen molar-refractivity contribution in [3.05, 3.63) is 45.2 Å². The van der Waals surface area contributed by atoms with Crippen LogP contribution in [0.4, 0.5) is 5.82 Å². The molecule has 0 fully saturated rings. The molecule has 0 bridgehead atoms. The molecule has 0 aliphatic heterocycles. The normalized spacial score (nSPS) is 11.2. The number of nitrogen functional groups attached to an aromatic ring is 1. The molecule has 0 aliphatic carbocycles. The molecule has 0 atom stereocenters. The SMILES string of the molecule is CCCc1c(C(=O)N/N=C\c2cccc(Cl)c2Cl)nnn1-c1nonc1N. The van der Waals surface area contributed by atoms with Gasteiger partial charge in [0.2, 0.25) is 11.6 Å². The molecule has 3 rings (SSSR count). The van der Waals surface area contributed by atoms with Crippen molar-refractivity contribution in [2.45, 2.75) is 19.8 Å². The summed E-state index contributed by atoms with van der Waals surface area (Å²) in [6.45, 7) is 1.95. The Morgan fingerprint density at radius 2 is 2.22 bits per heavy atom. The fraction of sp³-hybridized carbons (Fsp3) is 0.200. The highest BCUT2D eigenvalue weighted by Gasteiger charge is 2.23. The van der Waals surface area contributed by atoms with Gasteiger partial charge in [0.1, 0.15) is 0 Å². The van der Waals surface area contributed by atoms with Gasteiger partial charge >= 0.3 is 0 Å². The maximum absolute atomic E-state index is 12.5. The van der Waals surface area contributed by atoms with E-state index in [4.69, 9.17) is 28.9 Å². The van der Waals surface area contributed by atoms with E-state index in [9.17, 15) is 4.79 Å². The van der Waals surface area contributed by atoms with Crippen molar-refractivity contribution in [3.63, 3.8) is 0 Å². The lowest BCUT2D eigenvalue weighted by Crippen LogP contribution is -2.20. The monoisotopic (exact) mass is 408 g/mol. The molecular weight excluding hydrogens is 395 g/mol. The van der Waals surface area contributed by atoms with Crippen molar-refractivity contribution in [1.82, 2.24) is 30.7 Å². The van der Waals surface area contributed by atoms with Gasteiger partial charge in [-0.05, 0) is 22.8 Å². The average molecular weight is 409 g/mol. The molecule has 0 saturated carbocycles. The summed E-state index contributed by atoms with van der Waals surface area (Å²) in [7, 11) is 0. The van der Waals surface area contributed by atoms with Crippen LogP contribution >= 0.6 is 23.2 Å². The quantitative estimate of drug-likeness (QED) is 0.471. The van der Waals surface area contributed by atoms with Crippen molar-refractivity contribution >= 4 is 41.1 Å². The second kappa shape index (κ2) is 8.14. The Kier molecular flexibility index (Phi) is 5.67. The van der Waals surface area contributed by atoms with E-state index in [1.54, 1.807) is 18.2 Å². The third kappa shape index (κ3) is 3.91. The van der Waals surface area contributed by atoms with Gasteiger partial charge in [-0.1, -0.05) is 53.9 Å². The number of anilines is 1. The first-order valence-electron chi connectivity index (χ1n) is 7.83. The topological polar surface area (TPSA) is 137 Å². The molecule has 10 nitrogen and oxygen atoms in total. The third-order valence-electron chi connectivity index (χ3n) is 3.51. The Morgan fingerprint density at radius 1 is 1.41 bits per heavy atom. The number of hydrogen-bond acceptors (Lipinski definition) is 8. The Labute approximate surface area is 163 Å². The van der Waals surface area contributed by atoms with Crippen LogP contribution in [0.2, 0.25) is 10.0 Å². The molecular formula is C15H14Cl2N8O2. The minimum Gasteiger partial charge on any atom is -0.378 e. The van der Waals surface area contributed by atoms with E-state index in [1.165, 1.54) is 10.9 Å². The highest BCUT2D eigenvalue weighted by molar-refractivity contribution is 6.43. The number of halogens is 2. The number of benzene rings is 1. The first-order valence-corrected chi connectivity index (χ1v) is 8.59. The maximum atomic E-state index is 12.5. The molecule has 27 heavy (non-hydrogen) atoms. The summed E-state index contributed by atoms with van der Waals surface area (Å²) in [6, 6.07) is 5.08. The summed E-state index contributed by atoms with van der Waals surface area (Å²) < 4.78 is 5.90. The van der Waals surface area contributed by atoms with Gasteiger partial charge in [-0.15, -0.1) is 5.10 Å². The molecule has 3 N–H and O–H groups in total. The number of hydrogen-bond donors (Lipinski definition) is 2. The van der Waals surface area contributed by atoms with Crippen LogP contribution in [-0.4, -0.2) is 37.4 Å². The second-order valence-electron chi connectivity index (χ2n) is 5.36. The van der Waals surface area contributed by atoms with E-state index in [1.807, 2.05) is 6.92 Å². The smallest absolute Gasteiger partial charge is 0.293 e. The zero-order valence-electron chi connectivity index (χ0n) is 14.1. The highest BCUT2D eigenvalue weighted by atomic mass is 35.5. The largest absolute Gasteiger partial charge is 0.378 e. The molecule has 1 aromatic carbocycles. The number of rotatable bonds is 6. The minimum atomic E-state index is -0.547. The van der Waals surface area contributed by atoms with Gasteiger partial charge in [0, 0.05) is 5.56 Å². The average Bonchev–Trinajstić information content (AvgIpc) is 3.25. The summed E-state index contributed by atoms with van der Waals surface area (Å²) in [5, 5.41) is 19.6. The van der Waals surface area contributed by atoms with Gasteiger partial charge in [-0.2, -0.15) is 9.78 Å². The van der Waals surface area contributed by atoms with Crippen LogP contribution in [0.3, 0.4) is 0 Å². The zero-order valence-corrected chi connectivity index (χ0v) is 15.6. The highest BCUT2D eigenvalue weighted by Crippen LogP contribution is 2.24. The van der Waals surface area contributed by atoms with Gasteiger partial charge in [-0.3, -0.25) is 4.79 Å². The predicted molar refractivity (Wildman–Crippen MR) is 99.1 cm³/mol. The van der Waals surface area contributed by atoms with Gasteiger partial charge in [0.15, 0.2) is 5.69 Å². The Balaban J connectivity index is 1.82. The Hall–Kier alpha value is -2.98. The fourth-order valence-corrected chi connectivity index (χ4v) is 2.64. The zero-order chi connectivity index (χ0) is 19.4. The van der Waals surface area contributed by atoms with Gasteiger partial charge < -0.3 is 5.73 Å². The van der Waals surface area contributed by atoms with E-state index >= 15 is 0 Å². The molecule has 0 aliphatic rings. The predicted octanol–water partition coefficient (Wildman–Crippen LogP) is 2.26. The number of hydrazone groups is 1. The number of amides is 1. The van der Waals surface area contributed by atoms with E-state index < -0.39 is 5.91 Å². The van der Waals surface area contributed by atoms with E-state index in [0.29, 0.717) is 27.7 Å². The van der Waals surface area contributed by atoms with Gasteiger partial charge in [0.25, 0.3) is 5.91 Å². The van der Waals surface area contributed by atoms with Crippen LogP contribution in [-0.2, 0) is 6.42 Å². The molecule has 0 spiro atoms. The van der Waals surface area contributed by atoms with Crippen LogP contribution in [0.5, 0.6) is 0 Å². The van der Waals surface area contributed by atoms with E-state index in [-0.39, 0.29) is 17.3 Å². The van der Waals surface area contributed by atoms with Crippen LogP contribution < -0.4 is 11.2 Å². The molecule has 1 amide bonds. The van der Waals surface area contributed by atoms with Gasteiger partial charge in [0.05, 0.1) is 22.0 Å². The molecule has 12 heteroatoms. The first-order chi connectivity index (χ1) is 13.0. The van der Waals surface area contributed by atoms with Crippen molar-refractivity contribution in [1.29, 1.82) is 0 Å². The van der Waals surface area contributed by atoms with Crippen LogP contribution in [0.15, 0.2) is 27.9 Å². The maximum Gasteiger partial charge on any atom is 0.293 e. The lowest BCUT2D eigenvalue weighted by Gasteiger charge is -2.04. The summed E-state index contributed by atoms with van der Waals surface area (Å²) in [6.07, 6.45) is 2.63. The third-order valence-corrected chi connectivity index (χ3v) is 4.35. The molecule has 3 aromatic rings. The number of carbonyl (C=O) groups is 1. The van der Waals surface area contributed by atoms with Crippen LogP contribution in [0.1, 0.15) is 35.1 Å². The molecule has 0 unspecified atom stereocenters. The van der Waals surface area contributed by atoms with Crippen molar-refractivity contribution in [2.75, 3.05) is 5.73 Å².